The van der Waals surface area contributed by atoms with E-state index in [1.807, 2.05) is 0 Å². The summed E-state index contributed by atoms with van der Waals surface area (Å²) in [5, 5.41) is -5.82. The van der Waals surface area contributed by atoms with Crippen molar-refractivity contribution in [1.82, 2.24) is 0 Å². The van der Waals surface area contributed by atoms with Crippen molar-refractivity contribution in [2.45, 2.75) is 46.1 Å². The van der Waals surface area contributed by atoms with E-state index in [0.717, 1.165) is 6.92 Å². The predicted octanol–water partition coefficient (Wildman–Crippen LogP) is 7.37. The van der Waals surface area contributed by atoms with Crippen molar-refractivity contribution in [2.75, 3.05) is 13.2 Å². The molecule has 0 aromatic heterocycles. The van der Waals surface area contributed by atoms with Crippen LogP contribution in [-0.4, -0.2) is 51.1 Å². The number of carbonyl (C=O) groups excluding carboxylic acids is 2. The molecular formula is C31H29F5O8S2. The lowest BCUT2D eigenvalue weighted by Crippen LogP contribution is -2.53. The molecule has 0 aliphatic rings. The van der Waals surface area contributed by atoms with Gasteiger partial charge in [-0.3, -0.25) is 0 Å². The number of rotatable bonds is 14. The van der Waals surface area contributed by atoms with Crippen molar-refractivity contribution in [3.63, 3.8) is 0 Å². The van der Waals surface area contributed by atoms with E-state index in [9.17, 15) is 31.2 Å². The van der Waals surface area contributed by atoms with Crippen LogP contribution in [0.3, 0.4) is 0 Å². The van der Waals surface area contributed by atoms with Gasteiger partial charge in [-0.15, -0.1) is 0 Å². The van der Waals surface area contributed by atoms with Crippen molar-refractivity contribution < 1.29 is 57.8 Å². The van der Waals surface area contributed by atoms with Crippen molar-refractivity contribution >= 4 is 32.4 Å². The first kappa shape index (κ1) is 36.3. The Hall–Kier alpha value is -4.21. The second-order valence-corrected chi connectivity index (χ2v) is 14.1. The lowest BCUT2D eigenvalue weighted by atomic mass is 10.3. The standard InChI is InChI=1S/C31H29F5O8S2/c1-21(2)27(37)42-20-19-41-23-15-17-26(18-16-23)45(24-11-7-5-8-12-24,25-13-9-6-10-14-25)44-46(39,40)31(35,36)29(30(32,33)34)43-28(38)22(3)4/h5-18,29H,1,3,19-20H2,2,4H3. The van der Waals surface area contributed by atoms with Crippen molar-refractivity contribution in [1.29, 1.82) is 0 Å². The van der Waals surface area contributed by atoms with E-state index in [1.165, 1.54) is 79.7 Å². The second-order valence-electron chi connectivity index (χ2n) is 9.61. The third-order valence-electron chi connectivity index (χ3n) is 5.94. The fourth-order valence-electron chi connectivity index (χ4n) is 3.74. The summed E-state index contributed by atoms with van der Waals surface area (Å²) >= 11 is 0. The summed E-state index contributed by atoms with van der Waals surface area (Å²) < 4.78 is 120. The fourth-order valence-corrected chi connectivity index (χ4v) is 8.98. The van der Waals surface area contributed by atoms with Gasteiger partial charge in [0.2, 0.25) is 0 Å². The Morgan fingerprint density at radius 1 is 0.717 bits per heavy atom. The lowest BCUT2D eigenvalue weighted by molar-refractivity contribution is -0.257. The summed E-state index contributed by atoms with van der Waals surface area (Å²) in [5.74, 6) is -2.32. The molecule has 0 bridgehead atoms. The highest BCUT2D eigenvalue weighted by atomic mass is 32.3. The van der Waals surface area contributed by atoms with Crippen LogP contribution in [0.2, 0.25) is 0 Å². The number of halogens is 5. The number of esters is 2. The van der Waals surface area contributed by atoms with Gasteiger partial charge in [-0.2, -0.15) is 30.4 Å². The zero-order valence-corrected chi connectivity index (χ0v) is 26.1. The van der Waals surface area contributed by atoms with Crippen LogP contribution in [0, 0.1) is 0 Å². The van der Waals surface area contributed by atoms with Gasteiger partial charge in [0.25, 0.3) is 6.10 Å². The van der Waals surface area contributed by atoms with Crippen molar-refractivity contribution in [3.8, 4) is 5.75 Å². The largest absolute Gasteiger partial charge is 0.490 e. The molecule has 1 unspecified atom stereocenters. The molecule has 0 saturated carbocycles. The van der Waals surface area contributed by atoms with Crippen LogP contribution in [0.15, 0.2) is 124 Å². The Balaban J connectivity index is 2.15. The van der Waals surface area contributed by atoms with Gasteiger partial charge < -0.3 is 14.2 Å². The highest BCUT2D eigenvalue weighted by molar-refractivity contribution is 8.33. The number of benzene rings is 3. The first-order valence-electron chi connectivity index (χ1n) is 13.2. The molecule has 0 heterocycles. The summed E-state index contributed by atoms with van der Waals surface area (Å²) in [6.45, 7) is 8.66. The van der Waals surface area contributed by atoms with Gasteiger partial charge in [0, 0.05) is 25.8 Å². The Labute approximate surface area is 264 Å². The zero-order valence-electron chi connectivity index (χ0n) is 24.5. The van der Waals surface area contributed by atoms with Gasteiger partial charge in [-0.05, 0) is 72.7 Å². The molecule has 0 N–H and O–H groups in total. The van der Waals surface area contributed by atoms with E-state index < -0.39 is 55.5 Å². The molecule has 0 amide bonds. The molecule has 0 radical (unpaired) electrons. The van der Waals surface area contributed by atoms with Crippen LogP contribution in [0.4, 0.5) is 22.0 Å². The molecule has 248 valence electrons. The summed E-state index contributed by atoms with van der Waals surface area (Å²) in [6, 6.07) is 19.8. The summed E-state index contributed by atoms with van der Waals surface area (Å²) in [7, 11) is -10.4. The average molecular weight is 689 g/mol. The second kappa shape index (κ2) is 14.5. The topological polar surface area (TPSA) is 105 Å². The van der Waals surface area contributed by atoms with Crippen molar-refractivity contribution in [3.05, 3.63) is 109 Å². The van der Waals surface area contributed by atoms with E-state index in [-0.39, 0.29) is 39.2 Å². The van der Waals surface area contributed by atoms with Gasteiger partial charge in [0.15, 0.2) is 0 Å². The van der Waals surface area contributed by atoms with E-state index in [0.29, 0.717) is 0 Å². The number of ether oxygens (including phenoxy) is 3. The number of hydrogen-bond acceptors (Lipinski definition) is 8. The minimum Gasteiger partial charge on any atom is -0.490 e. The minimum absolute atomic E-state index is 0.0205. The van der Waals surface area contributed by atoms with Gasteiger partial charge >= 0.3 is 33.5 Å². The third kappa shape index (κ3) is 8.13. The first-order chi connectivity index (χ1) is 21.4. The molecule has 1 atom stereocenters. The molecule has 3 aromatic carbocycles. The molecule has 8 nitrogen and oxygen atoms in total. The Bertz CT molecular complexity index is 1620. The monoisotopic (exact) mass is 688 g/mol. The van der Waals surface area contributed by atoms with Gasteiger partial charge in [-0.25, -0.2) is 13.2 Å². The smallest absolute Gasteiger partial charge is 0.432 e. The molecule has 0 spiro atoms. The zero-order chi connectivity index (χ0) is 34.3. The van der Waals surface area contributed by atoms with Gasteiger partial charge in [-0.1, -0.05) is 49.6 Å². The van der Waals surface area contributed by atoms with Crippen LogP contribution in [-0.2, 0) is 32.8 Å². The van der Waals surface area contributed by atoms with E-state index in [1.54, 1.807) is 12.1 Å². The minimum atomic E-state index is -6.57. The summed E-state index contributed by atoms with van der Waals surface area (Å²) in [4.78, 5) is 23.5. The van der Waals surface area contributed by atoms with Crippen molar-refractivity contribution in [2.24, 2.45) is 0 Å². The number of alkyl halides is 5. The number of carbonyl (C=O) groups is 2. The van der Waals surface area contributed by atoms with Crippen LogP contribution >= 0.6 is 10.3 Å². The molecule has 0 aliphatic carbocycles. The lowest BCUT2D eigenvalue weighted by Gasteiger charge is -2.40. The summed E-state index contributed by atoms with van der Waals surface area (Å²) in [5.41, 5.74) is -0.491. The van der Waals surface area contributed by atoms with E-state index in [2.05, 4.69) is 17.9 Å². The predicted molar refractivity (Wildman–Crippen MR) is 159 cm³/mol. The van der Waals surface area contributed by atoms with Crippen LogP contribution in [0.1, 0.15) is 13.8 Å². The first-order valence-corrected chi connectivity index (χ1v) is 16.2. The summed E-state index contributed by atoms with van der Waals surface area (Å²) in [6.07, 6.45) is -10.5. The molecule has 0 aliphatic heterocycles. The Kier molecular flexibility index (Phi) is 11.4. The molecular weight excluding hydrogens is 659 g/mol. The van der Waals surface area contributed by atoms with Crippen LogP contribution in [0.25, 0.3) is 0 Å². The fraction of sp³-hybridized carbons (Fsp3) is 0.226. The van der Waals surface area contributed by atoms with Gasteiger partial charge in [0.1, 0.15) is 19.0 Å². The average Bonchev–Trinajstić information content (AvgIpc) is 3.00. The Morgan fingerprint density at radius 2 is 1.17 bits per heavy atom. The molecule has 3 aromatic rings. The third-order valence-corrected chi connectivity index (χ3v) is 11.2. The SMILES string of the molecule is C=C(C)C(=O)OCCOc1ccc(S(OS(=O)(=O)C(F)(F)C(OC(=O)C(=C)C)C(F)(F)F)(c2ccccc2)c2ccccc2)cc1. The molecule has 15 heteroatoms. The Morgan fingerprint density at radius 3 is 1.61 bits per heavy atom. The molecule has 3 rings (SSSR count). The maximum Gasteiger partial charge on any atom is 0.432 e. The van der Waals surface area contributed by atoms with Gasteiger partial charge in [0.05, 0.1) is 0 Å². The number of hydrogen-bond donors (Lipinski definition) is 0. The molecule has 0 fully saturated rings. The molecule has 0 saturated heterocycles. The molecule has 46 heavy (non-hydrogen) atoms. The van der Waals surface area contributed by atoms with Crippen LogP contribution in [0.5, 0.6) is 5.75 Å². The highest BCUT2D eigenvalue weighted by Gasteiger charge is 2.68. The van der Waals surface area contributed by atoms with Crippen LogP contribution < -0.4 is 4.74 Å². The maximum absolute atomic E-state index is 15.6. The maximum atomic E-state index is 15.6. The van der Waals surface area contributed by atoms with E-state index >= 15 is 8.78 Å². The quantitative estimate of drug-likeness (QED) is 0.0749. The normalized spacial score (nSPS) is 13.3. The van der Waals surface area contributed by atoms with E-state index in [4.69, 9.17) is 13.1 Å². The highest BCUT2D eigenvalue weighted by Crippen LogP contribution is 2.70.